The zero-order valence-corrected chi connectivity index (χ0v) is 23.1. The van der Waals surface area contributed by atoms with Crippen molar-refractivity contribution in [2.75, 3.05) is 19.6 Å². The number of aryl methyl sites for hydroxylation is 1. The normalized spacial score (nSPS) is 25.4. The van der Waals surface area contributed by atoms with Gasteiger partial charge in [0.05, 0.1) is 11.0 Å². The summed E-state index contributed by atoms with van der Waals surface area (Å²) < 4.78 is 16.8. The van der Waals surface area contributed by atoms with Crippen molar-refractivity contribution in [2.24, 2.45) is 0 Å². The van der Waals surface area contributed by atoms with Crippen LogP contribution in [-0.4, -0.2) is 46.2 Å². The fourth-order valence-corrected chi connectivity index (χ4v) is 7.46. The molecule has 4 heterocycles. The number of nitrogens with zero attached hydrogens (tertiary/aromatic N) is 3. The lowest BCUT2D eigenvalue weighted by Crippen LogP contribution is -2.47. The summed E-state index contributed by atoms with van der Waals surface area (Å²) in [5.74, 6) is 0.917. The van der Waals surface area contributed by atoms with E-state index in [1.165, 1.54) is 37.3 Å². The molecule has 4 nitrogen and oxygen atoms in total. The van der Waals surface area contributed by atoms with E-state index < -0.39 is 0 Å². The molecule has 0 aliphatic carbocycles. The van der Waals surface area contributed by atoms with Crippen molar-refractivity contribution in [3.05, 3.63) is 64.7 Å². The Morgan fingerprint density at radius 2 is 1.72 bits per heavy atom. The smallest absolute Gasteiger partial charge is 0.124 e. The quantitative estimate of drug-likeness (QED) is 0.375. The molecule has 6 rings (SSSR count). The van der Waals surface area contributed by atoms with Crippen LogP contribution in [0.25, 0.3) is 11.0 Å². The molecule has 0 saturated carbocycles. The van der Waals surface area contributed by atoms with E-state index in [0.717, 1.165) is 55.8 Å². The largest absolute Gasteiger partial charge is 0.325 e. The minimum atomic E-state index is -0.218. The minimum Gasteiger partial charge on any atom is -0.325 e. The first-order valence-electron chi connectivity index (χ1n) is 12.9. The summed E-state index contributed by atoms with van der Waals surface area (Å²) in [6.45, 7) is 5.20. The molecule has 3 aliphatic heterocycles. The topological polar surface area (TPSA) is 33.1 Å². The van der Waals surface area contributed by atoms with Crippen molar-refractivity contribution in [3.8, 4) is 0 Å². The molecule has 2 bridgehead atoms. The maximum Gasteiger partial charge on any atom is 0.124 e. The monoisotopic (exact) mass is 552 g/mol. The highest BCUT2D eigenvalue weighted by molar-refractivity contribution is 6.30. The number of aromatic nitrogens is 2. The van der Waals surface area contributed by atoms with Crippen molar-refractivity contribution in [2.45, 2.75) is 75.4 Å². The third-order valence-corrected chi connectivity index (χ3v) is 9.10. The Kier molecular flexibility index (Phi) is 8.58. The van der Waals surface area contributed by atoms with Gasteiger partial charge in [-0.05, 0) is 113 Å². The van der Waals surface area contributed by atoms with E-state index in [2.05, 4.69) is 46.0 Å². The molecule has 0 amide bonds. The molecule has 3 saturated heterocycles. The fraction of sp³-hybridized carbons (Fsp3) is 0.536. The van der Waals surface area contributed by atoms with Crippen molar-refractivity contribution in [1.82, 2.24) is 19.8 Å². The van der Waals surface area contributed by atoms with Crippen LogP contribution in [-0.2, 0) is 5.41 Å². The van der Waals surface area contributed by atoms with Crippen LogP contribution in [0, 0.1) is 12.7 Å². The summed E-state index contributed by atoms with van der Waals surface area (Å²) in [7, 11) is 0. The van der Waals surface area contributed by atoms with Gasteiger partial charge in [0.25, 0.3) is 0 Å². The lowest BCUT2D eigenvalue weighted by Gasteiger charge is -2.44. The van der Waals surface area contributed by atoms with Gasteiger partial charge in [-0.1, -0.05) is 23.7 Å². The van der Waals surface area contributed by atoms with Gasteiger partial charge >= 0.3 is 0 Å². The lowest BCUT2D eigenvalue weighted by molar-refractivity contribution is 0.0928. The van der Waals surface area contributed by atoms with E-state index in [1.807, 2.05) is 6.07 Å². The average molecular weight is 554 g/mol. The van der Waals surface area contributed by atoms with Gasteiger partial charge in [-0.3, -0.25) is 4.90 Å². The Labute approximate surface area is 230 Å². The van der Waals surface area contributed by atoms with Crippen LogP contribution < -0.4 is 5.32 Å². The molecule has 0 spiro atoms. The number of imidazole rings is 1. The molecule has 196 valence electrons. The van der Waals surface area contributed by atoms with E-state index in [9.17, 15) is 4.39 Å². The highest BCUT2D eigenvalue weighted by atomic mass is 35.5. The van der Waals surface area contributed by atoms with Crippen LogP contribution in [0.4, 0.5) is 4.39 Å². The molecule has 3 aliphatic rings. The molecule has 3 fully saturated rings. The van der Waals surface area contributed by atoms with Gasteiger partial charge in [0.1, 0.15) is 11.6 Å². The number of para-hydroxylation sites is 2. The molecule has 8 heteroatoms. The molecule has 0 radical (unpaired) electrons. The third kappa shape index (κ3) is 5.02. The highest BCUT2D eigenvalue weighted by Gasteiger charge is 2.43. The lowest BCUT2D eigenvalue weighted by atomic mass is 9.70. The van der Waals surface area contributed by atoms with Crippen LogP contribution in [0.1, 0.15) is 62.4 Å². The second kappa shape index (κ2) is 11.2. The fourth-order valence-electron chi connectivity index (χ4n) is 7.24. The molecule has 2 unspecified atom stereocenters. The van der Waals surface area contributed by atoms with Gasteiger partial charge in [0.15, 0.2) is 0 Å². The molecule has 1 aromatic heterocycles. The van der Waals surface area contributed by atoms with E-state index in [4.69, 9.17) is 16.6 Å². The second-order valence-corrected chi connectivity index (χ2v) is 11.1. The maximum absolute atomic E-state index is 14.3. The Bertz CT molecular complexity index is 1160. The summed E-state index contributed by atoms with van der Waals surface area (Å²) in [6, 6.07) is 15.5. The highest BCUT2D eigenvalue weighted by Crippen LogP contribution is 2.44. The summed E-state index contributed by atoms with van der Waals surface area (Å²) in [5, 5.41) is 4.01. The molecule has 3 aromatic rings. The molecular weight excluding hydrogens is 518 g/mol. The van der Waals surface area contributed by atoms with Crippen LogP contribution in [0.2, 0.25) is 5.02 Å². The molecule has 1 N–H and O–H groups in total. The predicted octanol–water partition coefficient (Wildman–Crippen LogP) is 6.86. The summed E-state index contributed by atoms with van der Waals surface area (Å²) in [6.07, 6.45) is 8.10. The van der Waals surface area contributed by atoms with Crippen molar-refractivity contribution in [1.29, 1.82) is 0 Å². The SMILES string of the molecule is Cc1nc2ccccc2n1C1CC2CCC(C1)N2CCC1(c2cc(F)cc(Cl)c2)CCNCC1.Cl.Cl. The Morgan fingerprint density at radius 3 is 2.42 bits per heavy atom. The van der Waals surface area contributed by atoms with Crippen LogP contribution in [0.3, 0.4) is 0 Å². The van der Waals surface area contributed by atoms with Crippen molar-refractivity contribution in [3.63, 3.8) is 0 Å². The Morgan fingerprint density at radius 1 is 1.03 bits per heavy atom. The first-order valence-corrected chi connectivity index (χ1v) is 13.3. The van der Waals surface area contributed by atoms with Crippen molar-refractivity contribution >= 4 is 47.4 Å². The van der Waals surface area contributed by atoms with Gasteiger partial charge in [0.2, 0.25) is 0 Å². The number of nitrogens with one attached hydrogen (secondary N) is 1. The number of fused-ring (bicyclic) bond motifs is 3. The minimum absolute atomic E-state index is 0. The number of halogens is 4. The number of hydrogen-bond donors (Lipinski definition) is 1. The Hall–Kier alpha value is -1.37. The molecule has 2 atom stereocenters. The molecule has 36 heavy (non-hydrogen) atoms. The first kappa shape index (κ1) is 27.7. The molecular formula is C28H36Cl3FN4. The maximum atomic E-state index is 14.3. The van der Waals surface area contributed by atoms with Gasteiger partial charge in [-0.25, -0.2) is 9.37 Å². The summed E-state index contributed by atoms with van der Waals surface area (Å²) in [5.41, 5.74) is 3.47. The van der Waals surface area contributed by atoms with Crippen LogP contribution in [0.5, 0.6) is 0 Å². The van der Waals surface area contributed by atoms with E-state index in [1.54, 1.807) is 6.07 Å². The number of rotatable bonds is 5. The summed E-state index contributed by atoms with van der Waals surface area (Å²) >= 11 is 6.28. The number of piperidine rings is 2. The summed E-state index contributed by atoms with van der Waals surface area (Å²) in [4.78, 5) is 7.62. The molecule has 2 aromatic carbocycles. The predicted molar refractivity (Wildman–Crippen MR) is 151 cm³/mol. The van der Waals surface area contributed by atoms with Crippen LogP contribution in [0.15, 0.2) is 42.5 Å². The number of benzene rings is 2. The zero-order valence-electron chi connectivity index (χ0n) is 20.8. The van der Waals surface area contributed by atoms with Gasteiger partial charge in [-0.15, -0.1) is 24.8 Å². The standard InChI is InChI=1S/C28H34ClFN4.2ClH/c1-19-32-26-4-2-3-5-27(26)34(19)25-17-23-6-7-24(18-25)33(23)13-10-28(8-11-31-12-9-28)20-14-21(29)16-22(30)15-20;;/h2-5,14-16,23-25,31H,6-13,17-18H2,1H3;2*1H. The van der Waals surface area contributed by atoms with Crippen molar-refractivity contribution < 1.29 is 4.39 Å². The first-order chi connectivity index (χ1) is 16.5. The zero-order chi connectivity index (χ0) is 23.3. The average Bonchev–Trinajstić information content (AvgIpc) is 3.28. The van der Waals surface area contributed by atoms with Gasteiger partial charge in [-0.2, -0.15) is 0 Å². The van der Waals surface area contributed by atoms with Gasteiger partial charge < -0.3 is 9.88 Å². The van der Waals surface area contributed by atoms with E-state index >= 15 is 0 Å². The third-order valence-electron chi connectivity index (χ3n) is 8.88. The van der Waals surface area contributed by atoms with Gasteiger partial charge in [0, 0.05) is 23.1 Å². The number of hydrogen-bond acceptors (Lipinski definition) is 3. The van der Waals surface area contributed by atoms with E-state index in [0.29, 0.717) is 23.1 Å². The van der Waals surface area contributed by atoms with Crippen LogP contribution >= 0.6 is 36.4 Å². The van der Waals surface area contributed by atoms with E-state index in [-0.39, 0.29) is 36.0 Å². The Balaban J connectivity index is 0.00000152. The second-order valence-electron chi connectivity index (χ2n) is 10.7.